The van der Waals surface area contributed by atoms with Gasteiger partial charge in [0, 0.05) is 6.54 Å². The molecule has 0 saturated carbocycles. The predicted molar refractivity (Wildman–Crippen MR) is 97.8 cm³/mol. The number of benzene rings is 2. The molecule has 8 heteroatoms. The van der Waals surface area contributed by atoms with E-state index in [-0.39, 0.29) is 13.3 Å². The summed E-state index contributed by atoms with van der Waals surface area (Å²) in [5.41, 5.74) is 3.72. The third-order valence-electron chi connectivity index (χ3n) is 3.65. The highest BCUT2D eigenvalue weighted by Gasteiger charge is 2.15. The van der Waals surface area contributed by atoms with E-state index in [9.17, 15) is 9.59 Å². The van der Waals surface area contributed by atoms with E-state index in [0.717, 1.165) is 11.1 Å². The minimum atomic E-state index is -0.854. The van der Waals surface area contributed by atoms with E-state index in [1.165, 1.54) is 6.21 Å². The Morgan fingerprint density at radius 1 is 1.15 bits per heavy atom. The molecule has 1 aliphatic rings. The summed E-state index contributed by atoms with van der Waals surface area (Å²) in [5.74, 6) is 0.339. The molecule has 0 atom stereocenters. The second kappa shape index (κ2) is 8.70. The Kier molecular flexibility index (Phi) is 5.88. The zero-order valence-corrected chi connectivity index (χ0v) is 14.7. The molecule has 1 aliphatic heterocycles. The smallest absolute Gasteiger partial charge is 0.329 e. The molecule has 0 spiro atoms. The van der Waals surface area contributed by atoms with Crippen LogP contribution in [-0.4, -0.2) is 31.4 Å². The van der Waals surface area contributed by atoms with Gasteiger partial charge in [0.25, 0.3) is 0 Å². The zero-order chi connectivity index (χ0) is 19.1. The highest BCUT2D eigenvalue weighted by atomic mass is 16.7. The SMILES string of the molecule is CCOc1cccc(/C=N\NC(=O)C(=O)NCc2ccc3c(c2)OCO3)c1. The van der Waals surface area contributed by atoms with E-state index >= 15 is 0 Å². The molecule has 0 unspecified atom stereocenters. The van der Waals surface area contributed by atoms with Crippen molar-refractivity contribution < 1.29 is 23.8 Å². The monoisotopic (exact) mass is 369 g/mol. The molecular weight excluding hydrogens is 350 g/mol. The molecule has 0 radical (unpaired) electrons. The molecule has 1 heterocycles. The molecule has 3 rings (SSSR count). The first-order valence-corrected chi connectivity index (χ1v) is 8.38. The van der Waals surface area contributed by atoms with Crippen LogP contribution in [0.3, 0.4) is 0 Å². The van der Waals surface area contributed by atoms with Crippen LogP contribution in [0, 0.1) is 0 Å². The maximum Gasteiger partial charge on any atom is 0.329 e. The fourth-order valence-corrected chi connectivity index (χ4v) is 2.38. The van der Waals surface area contributed by atoms with E-state index in [2.05, 4.69) is 15.8 Å². The number of carbonyl (C=O) groups is 2. The molecule has 2 amide bonds. The molecule has 0 saturated heterocycles. The number of hydrazone groups is 1. The normalized spacial score (nSPS) is 12.0. The molecule has 140 valence electrons. The Balaban J connectivity index is 1.47. The Bertz CT molecular complexity index is 866. The average Bonchev–Trinajstić information content (AvgIpc) is 3.14. The topological polar surface area (TPSA) is 98.2 Å². The first-order valence-electron chi connectivity index (χ1n) is 8.38. The summed E-state index contributed by atoms with van der Waals surface area (Å²) in [7, 11) is 0. The number of nitrogens with one attached hydrogen (secondary N) is 2. The first-order chi connectivity index (χ1) is 13.2. The fourth-order valence-electron chi connectivity index (χ4n) is 2.38. The number of fused-ring (bicyclic) bond motifs is 1. The summed E-state index contributed by atoms with van der Waals surface area (Å²) >= 11 is 0. The summed E-state index contributed by atoms with van der Waals surface area (Å²) in [4.78, 5) is 23.7. The van der Waals surface area contributed by atoms with Crippen molar-refractivity contribution in [3.63, 3.8) is 0 Å². The van der Waals surface area contributed by atoms with Crippen LogP contribution in [-0.2, 0) is 16.1 Å². The average molecular weight is 369 g/mol. The second-order valence-electron chi connectivity index (χ2n) is 5.57. The second-order valence-corrected chi connectivity index (χ2v) is 5.57. The van der Waals surface area contributed by atoms with Gasteiger partial charge in [-0.25, -0.2) is 5.43 Å². The summed E-state index contributed by atoms with van der Waals surface area (Å²) in [6.07, 6.45) is 1.44. The molecular formula is C19H19N3O5. The third-order valence-corrected chi connectivity index (χ3v) is 3.65. The molecule has 8 nitrogen and oxygen atoms in total. The lowest BCUT2D eigenvalue weighted by atomic mass is 10.2. The lowest BCUT2D eigenvalue weighted by molar-refractivity contribution is -0.139. The number of hydrogen-bond donors (Lipinski definition) is 2. The maximum atomic E-state index is 11.9. The highest BCUT2D eigenvalue weighted by molar-refractivity contribution is 6.35. The molecule has 2 aromatic rings. The van der Waals surface area contributed by atoms with Crippen molar-refractivity contribution in [3.05, 3.63) is 53.6 Å². The number of carbonyl (C=O) groups excluding carboxylic acids is 2. The largest absolute Gasteiger partial charge is 0.494 e. The van der Waals surface area contributed by atoms with Gasteiger partial charge in [-0.1, -0.05) is 18.2 Å². The Morgan fingerprint density at radius 3 is 2.85 bits per heavy atom. The van der Waals surface area contributed by atoms with Crippen molar-refractivity contribution in [1.29, 1.82) is 0 Å². The number of ether oxygens (including phenoxy) is 3. The van der Waals surface area contributed by atoms with Gasteiger partial charge in [0.2, 0.25) is 6.79 Å². The summed E-state index contributed by atoms with van der Waals surface area (Å²) < 4.78 is 15.9. The zero-order valence-electron chi connectivity index (χ0n) is 14.7. The van der Waals surface area contributed by atoms with Gasteiger partial charge >= 0.3 is 11.8 Å². The van der Waals surface area contributed by atoms with E-state index in [0.29, 0.717) is 23.9 Å². The van der Waals surface area contributed by atoms with Crippen LogP contribution < -0.4 is 25.0 Å². The predicted octanol–water partition coefficient (Wildman–Crippen LogP) is 1.58. The van der Waals surface area contributed by atoms with Crippen molar-refractivity contribution >= 4 is 18.0 Å². The summed E-state index contributed by atoms with van der Waals surface area (Å²) in [5, 5.41) is 6.31. The summed E-state index contributed by atoms with van der Waals surface area (Å²) in [6.45, 7) is 2.81. The van der Waals surface area contributed by atoms with E-state index < -0.39 is 11.8 Å². The Morgan fingerprint density at radius 2 is 2.00 bits per heavy atom. The molecule has 0 fully saturated rings. The van der Waals surface area contributed by atoms with Gasteiger partial charge in [0.15, 0.2) is 11.5 Å². The van der Waals surface area contributed by atoms with Crippen molar-refractivity contribution in [2.45, 2.75) is 13.5 Å². The molecule has 0 aliphatic carbocycles. The van der Waals surface area contributed by atoms with E-state index in [1.54, 1.807) is 30.3 Å². The maximum absolute atomic E-state index is 11.9. The standard InChI is InChI=1S/C19H19N3O5/c1-2-25-15-5-3-4-13(8-15)11-21-22-19(24)18(23)20-10-14-6-7-16-17(9-14)27-12-26-16/h3-9,11H,2,10,12H2,1H3,(H,20,23)(H,22,24)/b21-11-. The fraction of sp³-hybridized carbons (Fsp3) is 0.211. The molecule has 27 heavy (non-hydrogen) atoms. The van der Waals surface area contributed by atoms with Gasteiger partial charge in [0.05, 0.1) is 12.8 Å². The first kappa shape index (κ1) is 18.2. The van der Waals surface area contributed by atoms with Crippen LogP contribution in [0.5, 0.6) is 17.2 Å². The Labute approximate surface area is 156 Å². The van der Waals surface area contributed by atoms with E-state index in [1.807, 2.05) is 19.1 Å². The Hall–Kier alpha value is -3.55. The van der Waals surface area contributed by atoms with E-state index in [4.69, 9.17) is 14.2 Å². The van der Waals surface area contributed by atoms with Crippen LogP contribution in [0.15, 0.2) is 47.6 Å². The molecule has 2 aromatic carbocycles. The number of amides is 2. The van der Waals surface area contributed by atoms with Crippen LogP contribution in [0.25, 0.3) is 0 Å². The van der Waals surface area contributed by atoms with Crippen molar-refractivity contribution in [2.24, 2.45) is 5.10 Å². The van der Waals surface area contributed by atoms with Crippen molar-refractivity contribution in [1.82, 2.24) is 10.7 Å². The lowest BCUT2D eigenvalue weighted by Gasteiger charge is -2.05. The minimum absolute atomic E-state index is 0.180. The molecule has 0 bridgehead atoms. The third kappa shape index (κ3) is 4.97. The van der Waals surface area contributed by atoms with Crippen LogP contribution >= 0.6 is 0 Å². The van der Waals surface area contributed by atoms with Gasteiger partial charge in [-0.05, 0) is 42.3 Å². The van der Waals surface area contributed by atoms with Gasteiger partial charge in [-0.3, -0.25) is 9.59 Å². The van der Waals surface area contributed by atoms with Crippen molar-refractivity contribution in [3.8, 4) is 17.2 Å². The van der Waals surface area contributed by atoms with Crippen LogP contribution in [0.4, 0.5) is 0 Å². The highest BCUT2D eigenvalue weighted by Crippen LogP contribution is 2.32. The quantitative estimate of drug-likeness (QED) is 0.458. The van der Waals surface area contributed by atoms with Gasteiger partial charge < -0.3 is 19.5 Å². The molecule has 0 aromatic heterocycles. The molecule has 2 N–H and O–H groups in total. The van der Waals surface area contributed by atoms with Gasteiger partial charge in [0.1, 0.15) is 5.75 Å². The van der Waals surface area contributed by atoms with Gasteiger partial charge in [-0.2, -0.15) is 5.10 Å². The van der Waals surface area contributed by atoms with Crippen LogP contribution in [0.2, 0.25) is 0 Å². The minimum Gasteiger partial charge on any atom is -0.494 e. The lowest BCUT2D eigenvalue weighted by Crippen LogP contribution is -2.37. The number of nitrogens with zero attached hydrogens (tertiary/aromatic N) is 1. The van der Waals surface area contributed by atoms with Gasteiger partial charge in [-0.15, -0.1) is 0 Å². The number of hydrogen-bond acceptors (Lipinski definition) is 6. The van der Waals surface area contributed by atoms with Crippen molar-refractivity contribution in [2.75, 3.05) is 13.4 Å². The summed E-state index contributed by atoms with van der Waals surface area (Å²) in [6, 6.07) is 12.5. The van der Waals surface area contributed by atoms with Crippen LogP contribution in [0.1, 0.15) is 18.1 Å². The number of rotatable bonds is 6.